The summed E-state index contributed by atoms with van der Waals surface area (Å²) in [5.41, 5.74) is 2.87. The summed E-state index contributed by atoms with van der Waals surface area (Å²) in [6.45, 7) is 9.70. The lowest BCUT2D eigenvalue weighted by Gasteiger charge is -2.24. The maximum atomic E-state index is 5.26. The quantitative estimate of drug-likeness (QED) is 0.733. The van der Waals surface area contributed by atoms with Crippen LogP contribution in [0.3, 0.4) is 0 Å². The number of hydrogen-bond donors (Lipinski definition) is 0. The highest BCUT2D eigenvalue weighted by Crippen LogP contribution is 2.24. The van der Waals surface area contributed by atoms with Gasteiger partial charge in [0.1, 0.15) is 0 Å². The van der Waals surface area contributed by atoms with Gasteiger partial charge in [-0.05, 0) is 23.5 Å². The molecule has 0 atom stereocenters. The lowest BCUT2D eigenvalue weighted by Crippen LogP contribution is -2.23. The molecule has 0 bridgehead atoms. The monoisotopic (exact) mass is 220 g/mol. The molecule has 0 unspecified atom stereocenters. The van der Waals surface area contributed by atoms with Gasteiger partial charge >= 0.3 is 0 Å². The first-order chi connectivity index (χ1) is 7.45. The molecule has 90 valence electrons. The van der Waals surface area contributed by atoms with Gasteiger partial charge in [0.2, 0.25) is 0 Å². The fourth-order valence-corrected chi connectivity index (χ4v) is 2.01. The van der Waals surface area contributed by atoms with Crippen LogP contribution in [0.4, 0.5) is 0 Å². The molecule has 0 saturated heterocycles. The Morgan fingerprint density at radius 3 is 2.12 bits per heavy atom. The van der Waals surface area contributed by atoms with Gasteiger partial charge in [0.25, 0.3) is 0 Å². The van der Waals surface area contributed by atoms with Crippen molar-refractivity contribution in [3.63, 3.8) is 0 Å². The Hall–Kier alpha value is -0.820. The second-order valence-corrected chi connectivity index (χ2v) is 5.61. The highest BCUT2D eigenvalue weighted by atomic mass is 16.5. The van der Waals surface area contributed by atoms with Crippen LogP contribution in [0.2, 0.25) is 0 Å². The highest BCUT2D eigenvalue weighted by molar-refractivity contribution is 5.28. The molecule has 0 heterocycles. The molecule has 0 radical (unpaired) electrons. The molecule has 1 heteroatoms. The molecular formula is C15H24O. The van der Waals surface area contributed by atoms with Crippen LogP contribution in [0.15, 0.2) is 24.3 Å². The summed E-state index contributed by atoms with van der Waals surface area (Å²) in [6, 6.07) is 8.95. The van der Waals surface area contributed by atoms with Crippen LogP contribution in [-0.2, 0) is 16.6 Å². The minimum atomic E-state index is 0.102. The largest absolute Gasteiger partial charge is 0.384 e. The topological polar surface area (TPSA) is 9.23 Å². The number of methoxy groups -OCH3 is 1. The van der Waals surface area contributed by atoms with Crippen LogP contribution in [0.25, 0.3) is 0 Å². The van der Waals surface area contributed by atoms with E-state index < -0.39 is 0 Å². The summed E-state index contributed by atoms with van der Waals surface area (Å²) in [6.07, 6.45) is 1.16. The van der Waals surface area contributed by atoms with Crippen molar-refractivity contribution >= 4 is 0 Å². The van der Waals surface area contributed by atoms with Gasteiger partial charge < -0.3 is 4.74 Å². The SMILES string of the molecule is COCC(C)(C)c1ccc(CC(C)C)cc1. The van der Waals surface area contributed by atoms with Crippen molar-refractivity contribution in [3.8, 4) is 0 Å². The van der Waals surface area contributed by atoms with Gasteiger partial charge in [-0.2, -0.15) is 0 Å². The second kappa shape index (κ2) is 5.49. The third-order valence-corrected chi connectivity index (χ3v) is 2.88. The first kappa shape index (κ1) is 13.2. The molecule has 0 amide bonds. The van der Waals surface area contributed by atoms with E-state index in [1.54, 1.807) is 7.11 Å². The minimum absolute atomic E-state index is 0.102. The number of hydrogen-bond acceptors (Lipinski definition) is 1. The van der Waals surface area contributed by atoms with Crippen LogP contribution in [-0.4, -0.2) is 13.7 Å². The molecule has 0 saturated carbocycles. The van der Waals surface area contributed by atoms with E-state index in [2.05, 4.69) is 52.0 Å². The first-order valence-corrected chi connectivity index (χ1v) is 6.04. The highest BCUT2D eigenvalue weighted by Gasteiger charge is 2.19. The Bertz CT molecular complexity index is 309. The molecule has 16 heavy (non-hydrogen) atoms. The molecule has 0 aromatic heterocycles. The third-order valence-electron chi connectivity index (χ3n) is 2.88. The van der Waals surface area contributed by atoms with Gasteiger partial charge in [-0.15, -0.1) is 0 Å². The molecular weight excluding hydrogens is 196 g/mol. The summed E-state index contributed by atoms with van der Waals surface area (Å²) in [4.78, 5) is 0. The summed E-state index contributed by atoms with van der Waals surface area (Å²) in [7, 11) is 1.76. The summed E-state index contributed by atoms with van der Waals surface area (Å²) < 4.78 is 5.26. The van der Waals surface area contributed by atoms with Crippen LogP contribution < -0.4 is 0 Å². The smallest absolute Gasteiger partial charge is 0.0553 e. The number of benzene rings is 1. The normalized spacial score (nSPS) is 12.1. The van der Waals surface area contributed by atoms with Crippen molar-refractivity contribution in [1.82, 2.24) is 0 Å². The second-order valence-electron chi connectivity index (χ2n) is 5.61. The van der Waals surface area contributed by atoms with Gasteiger partial charge in [0.05, 0.1) is 6.61 Å². The molecule has 0 aliphatic carbocycles. The fraction of sp³-hybridized carbons (Fsp3) is 0.600. The average molecular weight is 220 g/mol. The van der Waals surface area contributed by atoms with E-state index in [4.69, 9.17) is 4.74 Å². The van der Waals surface area contributed by atoms with Gasteiger partial charge in [0.15, 0.2) is 0 Å². The first-order valence-electron chi connectivity index (χ1n) is 6.04. The van der Waals surface area contributed by atoms with Gasteiger partial charge in [0, 0.05) is 12.5 Å². The zero-order valence-corrected chi connectivity index (χ0v) is 11.2. The van der Waals surface area contributed by atoms with Crippen molar-refractivity contribution < 1.29 is 4.74 Å². The average Bonchev–Trinajstić information content (AvgIpc) is 2.17. The van der Waals surface area contributed by atoms with Crippen molar-refractivity contribution in [2.75, 3.05) is 13.7 Å². The zero-order valence-electron chi connectivity index (χ0n) is 11.2. The van der Waals surface area contributed by atoms with Crippen molar-refractivity contribution in [2.24, 2.45) is 5.92 Å². The van der Waals surface area contributed by atoms with Crippen LogP contribution >= 0.6 is 0 Å². The Labute approximate surface area is 99.8 Å². The van der Waals surface area contributed by atoms with Gasteiger partial charge in [-0.25, -0.2) is 0 Å². The van der Waals surface area contributed by atoms with Crippen LogP contribution in [0.5, 0.6) is 0 Å². The van der Waals surface area contributed by atoms with E-state index in [1.807, 2.05) is 0 Å². The molecule has 0 N–H and O–H groups in total. The van der Waals surface area contributed by atoms with E-state index in [-0.39, 0.29) is 5.41 Å². The van der Waals surface area contributed by atoms with Crippen molar-refractivity contribution in [1.29, 1.82) is 0 Å². The van der Waals surface area contributed by atoms with Gasteiger partial charge in [-0.1, -0.05) is 52.0 Å². The summed E-state index contributed by atoms with van der Waals surface area (Å²) in [5, 5.41) is 0. The molecule has 1 aromatic carbocycles. The van der Waals surface area contributed by atoms with E-state index in [0.29, 0.717) is 0 Å². The number of ether oxygens (including phenoxy) is 1. The lowest BCUT2D eigenvalue weighted by molar-refractivity contribution is 0.146. The lowest BCUT2D eigenvalue weighted by atomic mass is 9.85. The minimum Gasteiger partial charge on any atom is -0.384 e. The predicted octanol–water partition coefficient (Wildman–Crippen LogP) is 3.81. The molecule has 0 spiro atoms. The van der Waals surface area contributed by atoms with Crippen molar-refractivity contribution in [3.05, 3.63) is 35.4 Å². The third kappa shape index (κ3) is 3.64. The van der Waals surface area contributed by atoms with Gasteiger partial charge in [-0.3, -0.25) is 0 Å². The number of rotatable bonds is 5. The molecule has 0 fully saturated rings. The Kier molecular flexibility index (Phi) is 4.55. The summed E-state index contributed by atoms with van der Waals surface area (Å²) >= 11 is 0. The zero-order chi connectivity index (χ0) is 12.2. The van der Waals surface area contributed by atoms with Crippen LogP contribution in [0.1, 0.15) is 38.8 Å². The van der Waals surface area contributed by atoms with E-state index in [9.17, 15) is 0 Å². The van der Waals surface area contributed by atoms with E-state index in [1.165, 1.54) is 11.1 Å². The fourth-order valence-electron chi connectivity index (χ4n) is 2.01. The van der Waals surface area contributed by atoms with E-state index >= 15 is 0 Å². The Balaban J connectivity index is 2.78. The molecule has 1 nitrogen and oxygen atoms in total. The van der Waals surface area contributed by atoms with E-state index in [0.717, 1.165) is 18.9 Å². The molecule has 0 aliphatic heterocycles. The molecule has 1 rings (SSSR count). The van der Waals surface area contributed by atoms with Crippen molar-refractivity contribution in [2.45, 2.75) is 39.5 Å². The molecule has 0 aliphatic rings. The maximum absolute atomic E-state index is 5.26. The Morgan fingerprint density at radius 2 is 1.69 bits per heavy atom. The van der Waals surface area contributed by atoms with Crippen LogP contribution in [0, 0.1) is 5.92 Å². The maximum Gasteiger partial charge on any atom is 0.0553 e. The molecule has 1 aromatic rings. The summed E-state index contributed by atoms with van der Waals surface area (Å²) in [5.74, 6) is 0.720. The predicted molar refractivity (Wildman–Crippen MR) is 69.9 cm³/mol. The standard InChI is InChI=1S/C15H24O/c1-12(2)10-13-6-8-14(9-7-13)15(3,4)11-16-5/h6-9,12H,10-11H2,1-5H3. The Morgan fingerprint density at radius 1 is 1.12 bits per heavy atom.